The fraction of sp³-hybridized carbons (Fsp3) is 0.278. The van der Waals surface area contributed by atoms with Crippen molar-refractivity contribution in [3.63, 3.8) is 0 Å². The van der Waals surface area contributed by atoms with Crippen LogP contribution >= 0.6 is 0 Å². The van der Waals surface area contributed by atoms with Gasteiger partial charge in [0.2, 0.25) is 0 Å². The molecule has 0 spiro atoms. The predicted octanol–water partition coefficient (Wildman–Crippen LogP) is 3.84. The van der Waals surface area contributed by atoms with E-state index in [4.69, 9.17) is 0 Å². The molecule has 2 aromatic carbocycles. The summed E-state index contributed by atoms with van der Waals surface area (Å²) in [6.45, 7) is 2.36. The van der Waals surface area contributed by atoms with Crippen molar-refractivity contribution >= 4 is 23.0 Å². The number of anilines is 2. The Morgan fingerprint density at radius 2 is 1.96 bits per heavy atom. The summed E-state index contributed by atoms with van der Waals surface area (Å²) in [4.78, 5) is 25.3. The van der Waals surface area contributed by atoms with E-state index < -0.39 is 4.92 Å². The number of nitrogens with zero attached hydrogens (tertiary/aromatic N) is 2. The maximum atomic E-state index is 12.8. The van der Waals surface area contributed by atoms with Crippen LogP contribution in [0.25, 0.3) is 0 Å². The van der Waals surface area contributed by atoms with Crippen LogP contribution in [0.2, 0.25) is 0 Å². The number of rotatable bonds is 6. The van der Waals surface area contributed by atoms with Crippen molar-refractivity contribution in [2.75, 3.05) is 16.8 Å². The Balaban J connectivity index is 1.91. The highest BCUT2D eigenvalue weighted by molar-refractivity contribution is 6.06. The first-order valence-corrected chi connectivity index (χ1v) is 8.02. The standard InChI is InChI=1S/C18H19N3O3/c1-2-20(15-6-4-3-5-7-15)18(22)13-8-11-16(19-14-9-10-14)17(12-13)21(23)24/h3-8,11-12,14,19H,2,9-10H2,1H3. The van der Waals surface area contributed by atoms with Gasteiger partial charge < -0.3 is 10.2 Å². The molecule has 0 aliphatic heterocycles. The normalized spacial score (nSPS) is 13.4. The quantitative estimate of drug-likeness (QED) is 0.647. The summed E-state index contributed by atoms with van der Waals surface area (Å²) >= 11 is 0. The molecule has 0 saturated heterocycles. The minimum atomic E-state index is -0.444. The van der Waals surface area contributed by atoms with Crippen LogP contribution in [0.4, 0.5) is 17.1 Å². The maximum absolute atomic E-state index is 12.8. The lowest BCUT2D eigenvalue weighted by Crippen LogP contribution is -2.30. The minimum Gasteiger partial charge on any atom is -0.377 e. The number of carbonyl (C=O) groups is 1. The molecule has 6 heteroatoms. The highest BCUT2D eigenvalue weighted by Crippen LogP contribution is 2.32. The Morgan fingerprint density at radius 3 is 2.54 bits per heavy atom. The largest absolute Gasteiger partial charge is 0.377 e. The summed E-state index contributed by atoms with van der Waals surface area (Å²) in [5, 5.41) is 14.5. The monoisotopic (exact) mass is 325 g/mol. The lowest BCUT2D eigenvalue weighted by atomic mass is 10.1. The third-order valence-corrected chi connectivity index (χ3v) is 4.01. The zero-order valence-corrected chi connectivity index (χ0v) is 13.4. The second-order valence-electron chi connectivity index (χ2n) is 5.79. The number of benzene rings is 2. The van der Waals surface area contributed by atoms with Gasteiger partial charge in [-0.2, -0.15) is 0 Å². The van der Waals surface area contributed by atoms with Crippen molar-refractivity contribution in [2.24, 2.45) is 0 Å². The van der Waals surface area contributed by atoms with Crippen molar-refractivity contribution in [3.8, 4) is 0 Å². The minimum absolute atomic E-state index is 0.0585. The molecule has 6 nitrogen and oxygen atoms in total. The van der Waals surface area contributed by atoms with Gasteiger partial charge in [0, 0.05) is 29.9 Å². The van der Waals surface area contributed by atoms with E-state index in [1.165, 1.54) is 6.07 Å². The Bertz CT molecular complexity index is 757. The zero-order valence-electron chi connectivity index (χ0n) is 13.4. The molecule has 0 heterocycles. The number of para-hydroxylation sites is 1. The van der Waals surface area contributed by atoms with Crippen LogP contribution in [0.1, 0.15) is 30.1 Å². The molecule has 124 valence electrons. The average Bonchev–Trinajstić information content (AvgIpc) is 3.40. The van der Waals surface area contributed by atoms with Gasteiger partial charge in [-0.05, 0) is 44.0 Å². The Labute approximate surface area is 140 Å². The van der Waals surface area contributed by atoms with Crippen molar-refractivity contribution in [1.29, 1.82) is 0 Å². The first-order valence-electron chi connectivity index (χ1n) is 8.02. The molecule has 1 saturated carbocycles. The summed E-state index contributed by atoms with van der Waals surface area (Å²) in [6, 6.07) is 14.2. The first kappa shape index (κ1) is 16.0. The van der Waals surface area contributed by atoms with Crippen LogP contribution in [-0.2, 0) is 0 Å². The number of nitrogens with one attached hydrogen (secondary N) is 1. The van der Waals surface area contributed by atoms with Crippen molar-refractivity contribution in [3.05, 3.63) is 64.2 Å². The smallest absolute Gasteiger partial charge is 0.293 e. The maximum Gasteiger partial charge on any atom is 0.293 e. The highest BCUT2D eigenvalue weighted by Gasteiger charge is 2.26. The van der Waals surface area contributed by atoms with E-state index in [0.29, 0.717) is 23.8 Å². The second kappa shape index (κ2) is 6.70. The van der Waals surface area contributed by atoms with Crippen LogP contribution in [0, 0.1) is 10.1 Å². The Kier molecular flexibility index (Phi) is 4.46. The number of amides is 1. The summed E-state index contributed by atoms with van der Waals surface area (Å²) in [5.41, 5.74) is 1.50. The Morgan fingerprint density at radius 1 is 1.25 bits per heavy atom. The molecular weight excluding hydrogens is 306 g/mol. The van der Waals surface area contributed by atoms with Crippen LogP contribution in [0.5, 0.6) is 0 Å². The van der Waals surface area contributed by atoms with E-state index >= 15 is 0 Å². The van der Waals surface area contributed by atoms with Crippen LogP contribution < -0.4 is 10.2 Å². The van der Waals surface area contributed by atoms with Crippen molar-refractivity contribution in [2.45, 2.75) is 25.8 Å². The average molecular weight is 325 g/mol. The molecular formula is C18H19N3O3. The molecule has 2 aromatic rings. The number of nitro groups is 1. The molecule has 1 aliphatic carbocycles. The lowest BCUT2D eigenvalue weighted by molar-refractivity contribution is -0.384. The molecule has 24 heavy (non-hydrogen) atoms. The summed E-state index contributed by atoms with van der Waals surface area (Å²) < 4.78 is 0. The third kappa shape index (κ3) is 3.37. The van der Waals surface area contributed by atoms with E-state index in [1.807, 2.05) is 37.3 Å². The summed E-state index contributed by atoms with van der Waals surface area (Å²) in [6.07, 6.45) is 2.05. The van der Waals surface area contributed by atoms with Gasteiger partial charge in [0.1, 0.15) is 5.69 Å². The van der Waals surface area contributed by atoms with Gasteiger partial charge in [0.15, 0.2) is 0 Å². The topological polar surface area (TPSA) is 75.5 Å². The predicted molar refractivity (Wildman–Crippen MR) is 93.5 cm³/mol. The van der Waals surface area contributed by atoms with Gasteiger partial charge in [0.05, 0.1) is 4.92 Å². The lowest BCUT2D eigenvalue weighted by Gasteiger charge is -2.21. The third-order valence-electron chi connectivity index (χ3n) is 4.01. The van der Waals surface area contributed by atoms with Gasteiger partial charge in [-0.15, -0.1) is 0 Å². The van der Waals surface area contributed by atoms with Gasteiger partial charge in [-0.1, -0.05) is 18.2 Å². The van der Waals surface area contributed by atoms with E-state index in [9.17, 15) is 14.9 Å². The van der Waals surface area contributed by atoms with Crippen molar-refractivity contribution < 1.29 is 9.72 Å². The fourth-order valence-electron chi connectivity index (χ4n) is 2.59. The van der Waals surface area contributed by atoms with Crippen LogP contribution in [0.15, 0.2) is 48.5 Å². The van der Waals surface area contributed by atoms with E-state index in [2.05, 4.69) is 5.32 Å². The van der Waals surface area contributed by atoms with Crippen molar-refractivity contribution in [1.82, 2.24) is 0 Å². The highest BCUT2D eigenvalue weighted by atomic mass is 16.6. The molecule has 0 unspecified atom stereocenters. The number of hydrogen-bond acceptors (Lipinski definition) is 4. The number of hydrogen-bond donors (Lipinski definition) is 1. The van der Waals surface area contributed by atoms with Gasteiger partial charge in [-0.3, -0.25) is 14.9 Å². The fourth-order valence-corrected chi connectivity index (χ4v) is 2.59. The first-order chi connectivity index (χ1) is 11.6. The molecule has 1 N–H and O–H groups in total. The molecule has 0 bridgehead atoms. The van der Waals surface area contributed by atoms with E-state index in [0.717, 1.165) is 18.5 Å². The molecule has 0 radical (unpaired) electrons. The number of carbonyl (C=O) groups excluding carboxylic acids is 1. The molecule has 3 rings (SSSR count). The van der Waals surface area contributed by atoms with Gasteiger partial charge in [0.25, 0.3) is 11.6 Å². The summed E-state index contributed by atoms with van der Waals surface area (Å²) in [7, 11) is 0. The van der Waals surface area contributed by atoms with Crippen LogP contribution in [-0.4, -0.2) is 23.4 Å². The molecule has 0 atom stereocenters. The molecule has 1 fully saturated rings. The molecule has 0 aromatic heterocycles. The molecule has 1 amide bonds. The Hall–Kier alpha value is -2.89. The number of nitro benzene ring substituents is 1. The van der Waals surface area contributed by atoms with Crippen LogP contribution in [0.3, 0.4) is 0 Å². The zero-order chi connectivity index (χ0) is 17.1. The van der Waals surface area contributed by atoms with E-state index in [-0.39, 0.29) is 11.6 Å². The molecule has 1 aliphatic rings. The second-order valence-corrected chi connectivity index (χ2v) is 5.79. The SMILES string of the molecule is CCN(C(=O)c1ccc(NC2CC2)c([N+](=O)[O-])c1)c1ccccc1. The summed E-state index contributed by atoms with van der Waals surface area (Å²) in [5.74, 6) is -0.246. The van der Waals surface area contributed by atoms with Gasteiger partial charge in [-0.25, -0.2) is 0 Å². The van der Waals surface area contributed by atoms with Gasteiger partial charge >= 0.3 is 0 Å². The van der Waals surface area contributed by atoms with E-state index in [1.54, 1.807) is 17.0 Å².